The average molecular weight is 360 g/mol. The number of carbonyl (C=O) groups is 1. The largest absolute Gasteiger partial charge is 0.342 e. The van der Waals surface area contributed by atoms with Crippen molar-refractivity contribution < 1.29 is 17.6 Å². The highest BCUT2D eigenvalue weighted by Gasteiger charge is 2.28. The zero-order valence-corrected chi connectivity index (χ0v) is 14.8. The lowest BCUT2D eigenvalue weighted by Crippen LogP contribution is -2.48. The summed E-state index contributed by atoms with van der Waals surface area (Å²) in [6.07, 6.45) is 3.05. The van der Waals surface area contributed by atoms with Crippen LogP contribution in [0.1, 0.15) is 19.8 Å². The number of sulfonamides is 1. The standard InChI is InChI=1S/C15H21FN2O3S2/c1-11(22-2)15(19)18-9-7-13(8-10-18)17-23(20,21)14-5-3-12(16)4-6-14/h3-6,11,13,17H,7-10H2,1-2H3. The lowest BCUT2D eigenvalue weighted by Gasteiger charge is -2.33. The summed E-state index contributed by atoms with van der Waals surface area (Å²) in [5, 5.41) is -0.0811. The minimum atomic E-state index is -3.66. The molecule has 1 heterocycles. The van der Waals surface area contributed by atoms with Gasteiger partial charge in [-0.1, -0.05) is 0 Å². The van der Waals surface area contributed by atoms with Crippen LogP contribution < -0.4 is 4.72 Å². The topological polar surface area (TPSA) is 66.5 Å². The van der Waals surface area contributed by atoms with E-state index in [9.17, 15) is 17.6 Å². The number of rotatable bonds is 5. The maximum Gasteiger partial charge on any atom is 0.240 e. The summed E-state index contributed by atoms with van der Waals surface area (Å²) in [4.78, 5) is 13.9. The molecule has 1 N–H and O–H groups in total. The van der Waals surface area contributed by atoms with Crippen molar-refractivity contribution in [1.82, 2.24) is 9.62 Å². The van der Waals surface area contributed by atoms with Crippen LogP contribution in [0, 0.1) is 5.82 Å². The quantitative estimate of drug-likeness (QED) is 0.870. The van der Waals surface area contributed by atoms with Crippen molar-refractivity contribution in [3.05, 3.63) is 30.1 Å². The van der Waals surface area contributed by atoms with E-state index < -0.39 is 15.8 Å². The van der Waals surface area contributed by atoms with E-state index in [-0.39, 0.29) is 22.1 Å². The summed E-state index contributed by atoms with van der Waals surface area (Å²) in [7, 11) is -3.66. The van der Waals surface area contributed by atoms with Gasteiger partial charge in [-0.2, -0.15) is 11.8 Å². The smallest absolute Gasteiger partial charge is 0.240 e. The van der Waals surface area contributed by atoms with Crippen LogP contribution in [0.4, 0.5) is 4.39 Å². The van der Waals surface area contributed by atoms with Gasteiger partial charge in [-0.25, -0.2) is 17.5 Å². The lowest BCUT2D eigenvalue weighted by molar-refractivity contribution is -0.131. The second kappa shape index (κ2) is 7.63. The van der Waals surface area contributed by atoms with Crippen LogP contribution in [0.3, 0.4) is 0 Å². The van der Waals surface area contributed by atoms with Crippen LogP contribution in [0.2, 0.25) is 0 Å². The van der Waals surface area contributed by atoms with Gasteiger partial charge in [0, 0.05) is 19.1 Å². The zero-order chi connectivity index (χ0) is 17.0. The molecule has 1 aromatic carbocycles. The first kappa shape index (κ1) is 18.2. The van der Waals surface area contributed by atoms with Gasteiger partial charge in [-0.15, -0.1) is 0 Å². The molecule has 23 heavy (non-hydrogen) atoms. The molecule has 1 aliphatic rings. The Kier molecular flexibility index (Phi) is 6.05. The molecule has 0 aromatic heterocycles. The fourth-order valence-electron chi connectivity index (χ4n) is 2.48. The Balaban J connectivity index is 1.93. The molecule has 0 spiro atoms. The van der Waals surface area contributed by atoms with Crippen LogP contribution in [-0.2, 0) is 14.8 Å². The molecule has 0 aliphatic carbocycles. The number of amides is 1. The van der Waals surface area contributed by atoms with Gasteiger partial charge in [0.15, 0.2) is 0 Å². The predicted octanol–water partition coefficient (Wildman–Crippen LogP) is 1.85. The number of carbonyl (C=O) groups excluding carboxylic acids is 1. The molecule has 1 amide bonds. The number of hydrogen-bond donors (Lipinski definition) is 1. The van der Waals surface area contributed by atoms with Crippen LogP contribution in [0.15, 0.2) is 29.2 Å². The number of nitrogens with zero attached hydrogens (tertiary/aromatic N) is 1. The van der Waals surface area contributed by atoms with Gasteiger partial charge in [-0.05, 0) is 50.3 Å². The summed E-state index contributed by atoms with van der Waals surface area (Å²) in [5.74, 6) is -0.379. The second-order valence-electron chi connectivity index (χ2n) is 5.55. The van der Waals surface area contributed by atoms with Gasteiger partial charge in [0.2, 0.25) is 15.9 Å². The second-order valence-corrected chi connectivity index (χ2v) is 8.45. The predicted molar refractivity (Wildman–Crippen MR) is 89.3 cm³/mol. The minimum absolute atomic E-state index is 0.0495. The zero-order valence-electron chi connectivity index (χ0n) is 13.2. The monoisotopic (exact) mass is 360 g/mol. The van der Waals surface area contributed by atoms with Crippen LogP contribution in [0.5, 0.6) is 0 Å². The fraction of sp³-hybridized carbons (Fsp3) is 0.533. The number of benzene rings is 1. The number of hydrogen-bond acceptors (Lipinski definition) is 4. The van der Waals surface area contributed by atoms with E-state index in [2.05, 4.69) is 4.72 Å². The first-order chi connectivity index (χ1) is 10.8. The van der Waals surface area contributed by atoms with Gasteiger partial charge in [0.1, 0.15) is 5.82 Å². The van der Waals surface area contributed by atoms with Crippen LogP contribution >= 0.6 is 11.8 Å². The highest BCUT2D eigenvalue weighted by molar-refractivity contribution is 7.99. The molecule has 0 bridgehead atoms. The molecule has 0 radical (unpaired) electrons. The number of likely N-dealkylation sites (tertiary alicyclic amines) is 1. The van der Waals surface area contributed by atoms with Gasteiger partial charge in [-0.3, -0.25) is 4.79 Å². The van der Waals surface area contributed by atoms with E-state index in [0.29, 0.717) is 25.9 Å². The summed E-state index contributed by atoms with van der Waals surface area (Å²) in [6.45, 7) is 2.96. The molecule has 5 nitrogen and oxygen atoms in total. The number of nitrogens with one attached hydrogen (secondary N) is 1. The van der Waals surface area contributed by atoms with Gasteiger partial charge >= 0.3 is 0 Å². The maximum absolute atomic E-state index is 12.9. The fourth-order valence-corrected chi connectivity index (χ4v) is 4.13. The Labute approximate surface area is 140 Å². The molecule has 2 rings (SSSR count). The Morgan fingerprint density at radius 1 is 1.30 bits per heavy atom. The van der Waals surface area contributed by atoms with E-state index in [4.69, 9.17) is 0 Å². The molecule has 1 aromatic rings. The number of halogens is 1. The van der Waals surface area contributed by atoms with Crippen LogP contribution in [0.25, 0.3) is 0 Å². The van der Waals surface area contributed by atoms with Gasteiger partial charge < -0.3 is 4.90 Å². The highest BCUT2D eigenvalue weighted by Crippen LogP contribution is 2.18. The molecule has 0 saturated carbocycles. The minimum Gasteiger partial charge on any atom is -0.342 e. The molecule has 1 atom stereocenters. The molecule has 1 saturated heterocycles. The normalized spacial score (nSPS) is 18.0. The summed E-state index contributed by atoms with van der Waals surface area (Å²) in [6, 6.07) is 4.53. The average Bonchev–Trinajstić information content (AvgIpc) is 2.54. The SMILES string of the molecule is CSC(C)C(=O)N1CCC(NS(=O)(=O)c2ccc(F)cc2)CC1. The third kappa shape index (κ3) is 4.68. The third-order valence-electron chi connectivity index (χ3n) is 3.95. The van der Waals surface area contributed by atoms with E-state index in [1.165, 1.54) is 23.9 Å². The van der Waals surface area contributed by atoms with E-state index in [1.54, 1.807) is 4.90 Å². The summed E-state index contributed by atoms with van der Waals surface area (Å²) >= 11 is 1.50. The Bertz CT molecular complexity index is 641. The van der Waals surface area contributed by atoms with E-state index in [0.717, 1.165) is 12.1 Å². The molecule has 1 unspecified atom stereocenters. The Morgan fingerprint density at radius 2 is 1.87 bits per heavy atom. The van der Waals surface area contributed by atoms with Crippen molar-refractivity contribution in [2.75, 3.05) is 19.3 Å². The first-order valence-corrected chi connectivity index (χ1v) is 10.2. The molecular formula is C15H21FN2O3S2. The Hall–Kier alpha value is -1.12. The lowest BCUT2D eigenvalue weighted by atomic mass is 10.1. The molecule has 1 aliphatic heterocycles. The summed E-state index contributed by atoms with van der Waals surface area (Å²) in [5.41, 5.74) is 0. The molecule has 1 fully saturated rings. The van der Waals surface area contributed by atoms with Crippen molar-refractivity contribution in [2.45, 2.75) is 36.0 Å². The van der Waals surface area contributed by atoms with Crippen LogP contribution in [-0.4, -0.2) is 49.9 Å². The molecular weight excluding hydrogens is 339 g/mol. The van der Waals surface area contributed by atoms with Crippen molar-refractivity contribution in [3.63, 3.8) is 0 Å². The number of piperidine rings is 1. The Morgan fingerprint density at radius 3 is 2.39 bits per heavy atom. The number of thioether (sulfide) groups is 1. The first-order valence-electron chi connectivity index (χ1n) is 7.43. The van der Waals surface area contributed by atoms with Gasteiger partial charge in [0.25, 0.3) is 0 Å². The summed E-state index contributed by atoms with van der Waals surface area (Å²) < 4.78 is 40.1. The third-order valence-corrected chi connectivity index (χ3v) is 6.40. The van der Waals surface area contributed by atoms with Crippen molar-refractivity contribution >= 4 is 27.7 Å². The van der Waals surface area contributed by atoms with E-state index in [1.807, 2.05) is 13.2 Å². The van der Waals surface area contributed by atoms with Gasteiger partial charge in [0.05, 0.1) is 10.1 Å². The molecule has 128 valence electrons. The maximum atomic E-state index is 12.9. The molecule has 8 heteroatoms. The van der Waals surface area contributed by atoms with Crippen molar-refractivity contribution in [3.8, 4) is 0 Å². The van der Waals surface area contributed by atoms with Crippen molar-refractivity contribution in [2.24, 2.45) is 0 Å². The van der Waals surface area contributed by atoms with Crippen molar-refractivity contribution in [1.29, 1.82) is 0 Å². The highest BCUT2D eigenvalue weighted by atomic mass is 32.2. The van der Waals surface area contributed by atoms with E-state index >= 15 is 0 Å².